The van der Waals surface area contributed by atoms with E-state index in [1.807, 2.05) is 35.2 Å². The lowest BCUT2D eigenvalue weighted by Gasteiger charge is -2.23. The van der Waals surface area contributed by atoms with E-state index in [4.69, 9.17) is 4.74 Å². The number of rotatable bonds is 3. The van der Waals surface area contributed by atoms with Crippen LogP contribution in [0.4, 0.5) is 5.69 Å². The minimum Gasteiger partial charge on any atom is -0.497 e. The molecule has 0 radical (unpaired) electrons. The summed E-state index contributed by atoms with van der Waals surface area (Å²) in [5.41, 5.74) is 1.95. The van der Waals surface area contributed by atoms with E-state index in [1.165, 1.54) is 5.69 Å². The maximum absolute atomic E-state index is 12.7. The summed E-state index contributed by atoms with van der Waals surface area (Å²) in [7, 11) is 1.63. The molecule has 2 aromatic rings. The zero-order chi connectivity index (χ0) is 16.1. The average Bonchev–Trinajstić information content (AvgIpc) is 2.88. The Kier molecular flexibility index (Phi) is 4.81. The molecule has 2 aromatic carbocycles. The molecular weight excluding hydrogens is 288 g/mol. The Morgan fingerprint density at radius 1 is 0.913 bits per heavy atom. The molecular formula is C19H22N2O2. The third kappa shape index (κ3) is 3.65. The molecule has 0 bridgehead atoms. The molecule has 1 aliphatic rings. The minimum absolute atomic E-state index is 0.0996. The number of carbonyl (C=O) groups excluding carboxylic acids is 1. The maximum Gasteiger partial charge on any atom is 0.253 e. The van der Waals surface area contributed by atoms with Crippen LogP contribution in [0.5, 0.6) is 5.75 Å². The second-order valence-electron chi connectivity index (χ2n) is 5.70. The van der Waals surface area contributed by atoms with Crippen LogP contribution in [-0.2, 0) is 0 Å². The number of hydrogen-bond donors (Lipinski definition) is 0. The molecule has 0 atom stereocenters. The van der Waals surface area contributed by atoms with Crippen LogP contribution >= 0.6 is 0 Å². The molecule has 3 rings (SSSR count). The van der Waals surface area contributed by atoms with E-state index in [-0.39, 0.29) is 5.91 Å². The van der Waals surface area contributed by atoms with E-state index in [1.54, 1.807) is 7.11 Å². The summed E-state index contributed by atoms with van der Waals surface area (Å²) >= 11 is 0. The largest absolute Gasteiger partial charge is 0.497 e. The van der Waals surface area contributed by atoms with Crippen LogP contribution in [0.15, 0.2) is 54.6 Å². The highest BCUT2D eigenvalue weighted by molar-refractivity contribution is 5.94. The van der Waals surface area contributed by atoms with Gasteiger partial charge in [-0.15, -0.1) is 0 Å². The summed E-state index contributed by atoms with van der Waals surface area (Å²) in [4.78, 5) is 17.0. The van der Waals surface area contributed by atoms with Crippen LogP contribution in [-0.4, -0.2) is 44.1 Å². The molecule has 0 aliphatic carbocycles. The molecule has 0 unspecified atom stereocenters. The van der Waals surface area contributed by atoms with E-state index in [2.05, 4.69) is 29.2 Å². The summed E-state index contributed by atoms with van der Waals surface area (Å²) in [6.07, 6.45) is 0.983. The van der Waals surface area contributed by atoms with Crippen molar-refractivity contribution < 1.29 is 9.53 Å². The van der Waals surface area contributed by atoms with Crippen LogP contribution < -0.4 is 9.64 Å². The zero-order valence-corrected chi connectivity index (χ0v) is 13.4. The Hall–Kier alpha value is -2.49. The van der Waals surface area contributed by atoms with Crippen molar-refractivity contribution in [1.82, 2.24) is 4.90 Å². The first-order valence-corrected chi connectivity index (χ1v) is 8.01. The summed E-state index contributed by atoms with van der Waals surface area (Å²) < 4.78 is 5.15. The van der Waals surface area contributed by atoms with Crippen LogP contribution in [0.3, 0.4) is 0 Å². The Labute approximate surface area is 137 Å². The number of benzene rings is 2. The number of ether oxygens (including phenoxy) is 1. The fourth-order valence-electron chi connectivity index (χ4n) is 2.93. The SMILES string of the molecule is COc1ccc(C(=O)N2CCCN(c3ccccc3)CC2)cc1. The predicted octanol–water partition coefficient (Wildman–Crippen LogP) is 3.05. The summed E-state index contributed by atoms with van der Waals surface area (Å²) in [6, 6.07) is 17.7. The smallest absolute Gasteiger partial charge is 0.253 e. The molecule has 0 aromatic heterocycles. The topological polar surface area (TPSA) is 32.8 Å². The van der Waals surface area contributed by atoms with Gasteiger partial charge in [-0.3, -0.25) is 4.79 Å². The van der Waals surface area contributed by atoms with Crippen molar-refractivity contribution in [2.75, 3.05) is 38.2 Å². The lowest BCUT2D eigenvalue weighted by atomic mass is 10.2. The highest BCUT2D eigenvalue weighted by atomic mass is 16.5. The molecule has 1 heterocycles. The molecule has 1 amide bonds. The van der Waals surface area contributed by atoms with E-state index in [0.29, 0.717) is 0 Å². The van der Waals surface area contributed by atoms with Gasteiger partial charge in [0.15, 0.2) is 0 Å². The highest BCUT2D eigenvalue weighted by Crippen LogP contribution is 2.18. The van der Waals surface area contributed by atoms with Crippen molar-refractivity contribution in [3.8, 4) is 5.75 Å². The zero-order valence-electron chi connectivity index (χ0n) is 13.4. The normalized spacial score (nSPS) is 15.2. The minimum atomic E-state index is 0.0996. The Morgan fingerprint density at radius 2 is 1.65 bits per heavy atom. The van der Waals surface area contributed by atoms with E-state index < -0.39 is 0 Å². The van der Waals surface area contributed by atoms with Crippen LogP contribution in [0.1, 0.15) is 16.8 Å². The van der Waals surface area contributed by atoms with Gasteiger partial charge in [-0.1, -0.05) is 18.2 Å². The van der Waals surface area contributed by atoms with Crippen LogP contribution in [0.2, 0.25) is 0 Å². The monoisotopic (exact) mass is 310 g/mol. The number of para-hydroxylation sites is 1. The van der Waals surface area contributed by atoms with Gasteiger partial charge in [0.1, 0.15) is 5.75 Å². The molecule has 1 saturated heterocycles. The molecule has 0 spiro atoms. The first kappa shape index (κ1) is 15.4. The molecule has 1 aliphatic heterocycles. The number of methoxy groups -OCH3 is 1. The van der Waals surface area contributed by atoms with Crippen LogP contribution in [0.25, 0.3) is 0 Å². The molecule has 0 N–H and O–H groups in total. The van der Waals surface area contributed by atoms with Gasteiger partial charge in [-0.2, -0.15) is 0 Å². The van der Waals surface area contributed by atoms with Gasteiger partial charge in [0.05, 0.1) is 7.11 Å². The van der Waals surface area contributed by atoms with Crippen molar-refractivity contribution >= 4 is 11.6 Å². The van der Waals surface area contributed by atoms with E-state index in [9.17, 15) is 4.79 Å². The first-order valence-electron chi connectivity index (χ1n) is 8.01. The summed E-state index contributed by atoms with van der Waals surface area (Å²) in [5, 5.41) is 0. The van der Waals surface area contributed by atoms with Gasteiger partial charge < -0.3 is 14.5 Å². The van der Waals surface area contributed by atoms with Gasteiger partial charge in [-0.05, 0) is 42.8 Å². The second-order valence-corrected chi connectivity index (χ2v) is 5.70. The Morgan fingerprint density at radius 3 is 2.35 bits per heavy atom. The van der Waals surface area contributed by atoms with E-state index >= 15 is 0 Å². The number of carbonyl (C=O) groups is 1. The maximum atomic E-state index is 12.7. The molecule has 1 fully saturated rings. The number of amides is 1. The summed E-state index contributed by atoms with van der Waals surface area (Å²) in [6.45, 7) is 3.40. The molecule has 4 nitrogen and oxygen atoms in total. The Balaban J connectivity index is 1.66. The number of anilines is 1. The lowest BCUT2D eigenvalue weighted by molar-refractivity contribution is 0.0767. The van der Waals surface area contributed by atoms with Crippen molar-refractivity contribution in [2.24, 2.45) is 0 Å². The van der Waals surface area contributed by atoms with Gasteiger partial charge >= 0.3 is 0 Å². The molecule has 23 heavy (non-hydrogen) atoms. The predicted molar refractivity (Wildman–Crippen MR) is 92.2 cm³/mol. The fraction of sp³-hybridized carbons (Fsp3) is 0.316. The third-order valence-corrected chi connectivity index (χ3v) is 4.24. The average molecular weight is 310 g/mol. The van der Waals surface area contributed by atoms with Crippen molar-refractivity contribution in [3.05, 3.63) is 60.2 Å². The summed E-state index contributed by atoms with van der Waals surface area (Å²) in [5.74, 6) is 0.871. The van der Waals surface area contributed by atoms with Crippen molar-refractivity contribution in [1.29, 1.82) is 0 Å². The number of hydrogen-bond acceptors (Lipinski definition) is 3. The molecule has 120 valence electrons. The van der Waals surface area contributed by atoms with Crippen molar-refractivity contribution in [3.63, 3.8) is 0 Å². The fourth-order valence-corrected chi connectivity index (χ4v) is 2.93. The van der Waals surface area contributed by atoms with Crippen LogP contribution in [0, 0.1) is 0 Å². The van der Waals surface area contributed by atoms with E-state index in [0.717, 1.165) is 43.9 Å². The highest BCUT2D eigenvalue weighted by Gasteiger charge is 2.20. The molecule has 4 heteroatoms. The van der Waals surface area contributed by atoms with Gasteiger partial charge in [0, 0.05) is 37.4 Å². The molecule has 0 saturated carbocycles. The van der Waals surface area contributed by atoms with Gasteiger partial charge in [-0.25, -0.2) is 0 Å². The van der Waals surface area contributed by atoms with Crippen molar-refractivity contribution in [2.45, 2.75) is 6.42 Å². The Bertz CT molecular complexity index is 640. The quantitative estimate of drug-likeness (QED) is 0.873. The third-order valence-electron chi connectivity index (χ3n) is 4.24. The van der Waals surface area contributed by atoms with Gasteiger partial charge in [0.25, 0.3) is 5.91 Å². The first-order chi connectivity index (χ1) is 11.3. The number of nitrogens with zero attached hydrogens (tertiary/aromatic N) is 2. The lowest BCUT2D eigenvalue weighted by Crippen LogP contribution is -2.35. The standard InChI is InChI=1S/C19H22N2O2/c1-23-18-10-8-16(9-11-18)19(22)21-13-5-12-20(14-15-21)17-6-3-2-4-7-17/h2-4,6-11H,5,12-15H2,1H3. The second kappa shape index (κ2) is 7.18. The van der Waals surface area contributed by atoms with Gasteiger partial charge in [0.2, 0.25) is 0 Å².